The molecule has 0 aromatic carbocycles. The van der Waals surface area contributed by atoms with E-state index in [-0.39, 0.29) is 0 Å². The number of aromatic amines is 1. The van der Waals surface area contributed by atoms with Crippen LogP contribution >= 0.6 is 11.3 Å². The number of H-pyrrole nitrogens is 1. The zero-order valence-corrected chi connectivity index (χ0v) is 6.93. The largest absolute Gasteiger partial charge is 0.284 e. The Hall–Kier alpha value is -1.60. The molecular formula is C8H5N3S. The van der Waals surface area contributed by atoms with Gasteiger partial charge < -0.3 is 0 Å². The van der Waals surface area contributed by atoms with Crippen molar-refractivity contribution in [3.8, 4) is 16.6 Å². The lowest BCUT2D eigenvalue weighted by molar-refractivity contribution is 1.10. The van der Waals surface area contributed by atoms with E-state index >= 15 is 0 Å². The first kappa shape index (κ1) is 7.07. The Morgan fingerprint density at radius 3 is 3.17 bits per heavy atom. The van der Waals surface area contributed by atoms with Crippen molar-refractivity contribution in [1.29, 1.82) is 5.26 Å². The van der Waals surface area contributed by atoms with Gasteiger partial charge in [-0.2, -0.15) is 10.4 Å². The smallest absolute Gasteiger partial charge is 0.120 e. The molecule has 2 heterocycles. The van der Waals surface area contributed by atoms with Gasteiger partial charge in [0.15, 0.2) is 0 Å². The van der Waals surface area contributed by atoms with Crippen molar-refractivity contribution in [2.24, 2.45) is 0 Å². The van der Waals surface area contributed by atoms with Crippen molar-refractivity contribution in [3.05, 3.63) is 29.3 Å². The third-order valence-corrected chi connectivity index (χ3v) is 2.39. The highest BCUT2D eigenvalue weighted by atomic mass is 32.1. The van der Waals surface area contributed by atoms with Gasteiger partial charge in [-0.05, 0) is 11.4 Å². The third-order valence-electron chi connectivity index (χ3n) is 1.52. The van der Waals surface area contributed by atoms with Gasteiger partial charge >= 0.3 is 0 Å². The monoisotopic (exact) mass is 175 g/mol. The minimum absolute atomic E-state index is 0.595. The highest BCUT2D eigenvalue weighted by Gasteiger charge is 2.07. The number of thiophene rings is 1. The summed E-state index contributed by atoms with van der Waals surface area (Å²) in [6, 6.07) is 5.96. The van der Waals surface area contributed by atoms with Crippen molar-refractivity contribution >= 4 is 11.3 Å². The number of hydrogen-bond donors (Lipinski definition) is 1. The van der Waals surface area contributed by atoms with Gasteiger partial charge in [-0.25, -0.2) is 0 Å². The van der Waals surface area contributed by atoms with Gasteiger partial charge in [-0.3, -0.25) is 5.10 Å². The van der Waals surface area contributed by atoms with Crippen LogP contribution in [0.15, 0.2) is 23.7 Å². The molecule has 0 fully saturated rings. The van der Waals surface area contributed by atoms with E-state index in [0.29, 0.717) is 5.56 Å². The average molecular weight is 175 g/mol. The van der Waals surface area contributed by atoms with Crippen LogP contribution in [0.3, 0.4) is 0 Å². The van der Waals surface area contributed by atoms with Crippen molar-refractivity contribution in [2.45, 2.75) is 0 Å². The standard InChI is InChI=1S/C8H5N3S/c9-4-6-5-10-11-8(6)7-2-1-3-12-7/h1-3,5H,(H,10,11). The van der Waals surface area contributed by atoms with Crippen LogP contribution in [0.25, 0.3) is 10.6 Å². The summed E-state index contributed by atoms with van der Waals surface area (Å²) in [4.78, 5) is 1.02. The molecule has 0 saturated heterocycles. The highest BCUT2D eigenvalue weighted by Crippen LogP contribution is 2.24. The predicted octanol–water partition coefficient (Wildman–Crippen LogP) is 2.01. The lowest BCUT2D eigenvalue weighted by atomic mass is 10.2. The lowest BCUT2D eigenvalue weighted by Gasteiger charge is -1.87. The van der Waals surface area contributed by atoms with Gasteiger partial charge in [0.25, 0.3) is 0 Å². The SMILES string of the molecule is N#Cc1c[nH]nc1-c1cccs1. The Balaban J connectivity index is 2.55. The Morgan fingerprint density at radius 2 is 2.50 bits per heavy atom. The molecule has 0 aliphatic carbocycles. The van der Waals surface area contributed by atoms with E-state index in [0.717, 1.165) is 10.6 Å². The molecule has 0 aliphatic rings. The average Bonchev–Trinajstić information content (AvgIpc) is 2.74. The van der Waals surface area contributed by atoms with Crippen LogP contribution < -0.4 is 0 Å². The van der Waals surface area contributed by atoms with Gasteiger partial charge in [0.05, 0.1) is 10.4 Å². The normalized spacial score (nSPS) is 9.58. The summed E-state index contributed by atoms with van der Waals surface area (Å²) >= 11 is 1.58. The molecule has 4 heteroatoms. The number of aromatic nitrogens is 2. The molecule has 0 atom stereocenters. The Bertz CT molecular complexity index is 408. The van der Waals surface area contributed by atoms with Gasteiger partial charge in [0.2, 0.25) is 0 Å². The van der Waals surface area contributed by atoms with Gasteiger partial charge in [0, 0.05) is 6.20 Å². The minimum atomic E-state index is 0.595. The molecule has 0 unspecified atom stereocenters. The van der Waals surface area contributed by atoms with E-state index in [4.69, 9.17) is 5.26 Å². The van der Waals surface area contributed by atoms with Gasteiger partial charge in [0.1, 0.15) is 11.8 Å². The first-order chi connectivity index (χ1) is 5.92. The molecule has 2 aromatic heterocycles. The van der Waals surface area contributed by atoms with Crippen LogP contribution in [-0.4, -0.2) is 10.2 Å². The van der Waals surface area contributed by atoms with Gasteiger partial charge in [-0.1, -0.05) is 6.07 Å². The predicted molar refractivity (Wildman–Crippen MR) is 46.6 cm³/mol. The minimum Gasteiger partial charge on any atom is -0.284 e. The molecule has 0 saturated carbocycles. The van der Waals surface area contributed by atoms with Crippen LogP contribution in [-0.2, 0) is 0 Å². The van der Waals surface area contributed by atoms with Crippen LogP contribution in [0.5, 0.6) is 0 Å². The second-order valence-electron chi connectivity index (χ2n) is 2.24. The fourth-order valence-electron chi connectivity index (χ4n) is 0.976. The molecule has 2 aromatic rings. The van der Waals surface area contributed by atoms with E-state index in [1.165, 1.54) is 0 Å². The van der Waals surface area contributed by atoms with E-state index in [9.17, 15) is 0 Å². The number of nitriles is 1. The number of hydrogen-bond acceptors (Lipinski definition) is 3. The second kappa shape index (κ2) is 2.80. The Labute approximate surface area is 73.3 Å². The van der Waals surface area contributed by atoms with Crippen molar-refractivity contribution in [3.63, 3.8) is 0 Å². The zero-order chi connectivity index (χ0) is 8.39. The highest BCUT2D eigenvalue weighted by molar-refractivity contribution is 7.13. The molecule has 0 aliphatic heterocycles. The summed E-state index contributed by atoms with van der Waals surface area (Å²) in [5, 5.41) is 17.3. The summed E-state index contributed by atoms with van der Waals surface area (Å²) in [7, 11) is 0. The van der Waals surface area contributed by atoms with E-state index < -0.39 is 0 Å². The van der Waals surface area contributed by atoms with Crippen LogP contribution in [0.2, 0.25) is 0 Å². The molecule has 0 radical (unpaired) electrons. The van der Waals surface area contributed by atoms with Crippen LogP contribution in [0, 0.1) is 11.3 Å². The van der Waals surface area contributed by atoms with Crippen LogP contribution in [0.1, 0.15) is 5.56 Å². The molecule has 0 amide bonds. The molecule has 58 valence electrons. The summed E-state index contributed by atoms with van der Waals surface area (Å²) in [6.45, 7) is 0. The molecule has 0 bridgehead atoms. The third kappa shape index (κ3) is 1.00. The Morgan fingerprint density at radius 1 is 1.58 bits per heavy atom. The van der Waals surface area contributed by atoms with E-state index in [2.05, 4.69) is 16.3 Å². The quantitative estimate of drug-likeness (QED) is 0.720. The van der Waals surface area contributed by atoms with E-state index in [1.807, 2.05) is 17.5 Å². The van der Waals surface area contributed by atoms with Crippen molar-refractivity contribution in [2.75, 3.05) is 0 Å². The molecule has 2 rings (SSSR count). The Kier molecular flexibility index (Phi) is 1.65. The topological polar surface area (TPSA) is 52.5 Å². The maximum Gasteiger partial charge on any atom is 0.120 e. The molecule has 0 spiro atoms. The number of nitrogens with one attached hydrogen (secondary N) is 1. The maximum absolute atomic E-state index is 8.70. The van der Waals surface area contributed by atoms with Crippen LogP contribution in [0.4, 0.5) is 0 Å². The number of rotatable bonds is 1. The van der Waals surface area contributed by atoms with E-state index in [1.54, 1.807) is 17.5 Å². The number of nitrogens with zero attached hydrogens (tertiary/aromatic N) is 2. The summed E-state index contributed by atoms with van der Waals surface area (Å²) in [5.41, 5.74) is 1.34. The lowest BCUT2D eigenvalue weighted by Crippen LogP contribution is -1.75. The maximum atomic E-state index is 8.70. The van der Waals surface area contributed by atoms with Gasteiger partial charge in [-0.15, -0.1) is 11.3 Å². The summed E-state index contributed by atoms with van der Waals surface area (Å²) < 4.78 is 0. The first-order valence-corrected chi connectivity index (χ1v) is 4.27. The molecule has 3 nitrogen and oxygen atoms in total. The van der Waals surface area contributed by atoms with Crippen molar-refractivity contribution in [1.82, 2.24) is 10.2 Å². The second-order valence-corrected chi connectivity index (χ2v) is 3.18. The molecule has 1 N–H and O–H groups in total. The van der Waals surface area contributed by atoms with Crippen molar-refractivity contribution < 1.29 is 0 Å². The fraction of sp³-hybridized carbons (Fsp3) is 0. The first-order valence-electron chi connectivity index (χ1n) is 3.39. The summed E-state index contributed by atoms with van der Waals surface area (Å²) in [5.74, 6) is 0. The fourth-order valence-corrected chi connectivity index (χ4v) is 1.70. The summed E-state index contributed by atoms with van der Waals surface area (Å²) in [6.07, 6.45) is 1.61. The zero-order valence-electron chi connectivity index (χ0n) is 6.11. The molecular weight excluding hydrogens is 170 g/mol. The molecule has 12 heavy (non-hydrogen) atoms.